The second kappa shape index (κ2) is 7.29. The Balaban J connectivity index is 1.40. The molecule has 0 N–H and O–H groups in total. The van der Waals surface area contributed by atoms with Crippen molar-refractivity contribution in [2.24, 2.45) is 0 Å². The Morgan fingerprint density at radius 2 is 1.79 bits per heavy atom. The van der Waals surface area contributed by atoms with Crippen LogP contribution in [0.1, 0.15) is 6.42 Å². The first-order chi connectivity index (χ1) is 14.2. The minimum atomic E-state index is 0.625. The summed E-state index contributed by atoms with van der Waals surface area (Å²) in [5, 5.41) is 6.89. The average Bonchev–Trinajstić information content (AvgIpc) is 3.44. The first-order valence-electron chi connectivity index (χ1n) is 9.96. The molecule has 1 aliphatic heterocycles. The van der Waals surface area contributed by atoms with E-state index in [-0.39, 0.29) is 0 Å². The maximum absolute atomic E-state index is 4.69. The summed E-state index contributed by atoms with van der Waals surface area (Å²) in [7, 11) is 4.31. The minimum absolute atomic E-state index is 0.625. The number of hydrogen-bond donors (Lipinski definition) is 0. The zero-order chi connectivity index (χ0) is 19.8. The molecule has 146 valence electrons. The number of hydrogen-bond acceptors (Lipinski definition) is 5. The predicted molar refractivity (Wildman–Crippen MR) is 116 cm³/mol. The maximum Gasteiger partial charge on any atom is 0.181 e. The average molecular weight is 384 g/mol. The number of fused-ring (bicyclic) bond motifs is 1. The smallest absolute Gasteiger partial charge is 0.181 e. The van der Waals surface area contributed by atoms with Crippen molar-refractivity contribution in [3.8, 4) is 17.2 Å². The van der Waals surface area contributed by atoms with Crippen LogP contribution in [0.25, 0.3) is 28.0 Å². The first-order valence-corrected chi connectivity index (χ1v) is 9.96. The summed E-state index contributed by atoms with van der Waals surface area (Å²) in [5.41, 5.74) is 2.27. The van der Waals surface area contributed by atoms with E-state index in [1.807, 2.05) is 24.4 Å². The van der Waals surface area contributed by atoms with Gasteiger partial charge in [0, 0.05) is 42.0 Å². The van der Waals surface area contributed by atoms with Crippen LogP contribution in [0.4, 0.5) is 5.69 Å². The molecule has 6 nitrogen and oxygen atoms in total. The molecule has 3 heterocycles. The van der Waals surface area contributed by atoms with Crippen molar-refractivity contribution in [1.82, 2.24) is 24.6 Å². The Bertz CT molecular complexity index is 1130. The Morgan fingerprint density at radius 3 is 2.59 bits per heavy atom. The van der Waals surface area contributed by atoms with Crippen molar-refractivity contribution >= 4 is 16.5 Å². The Hall–Kier alpha value is -3.25. The summed E-state index contributed by atoms with van der Waals surface area (Å²) < 4.78 is 1.76. The molecule has 29 heavy (non-hydrogen) atoms. The van der Waals surface area contributed by atoms with Crippen molar-refractivity contribution in [2.45, 2.75) is 12.5 Å². The first kappa shape index (κ1) is 17.8. The molecule has 2 aromatic heterocycles. The van der Waals surface area contributed by atoms with Crippen LogP contribution < -0.4 is 4.90 Å². The summed E-state index contributed by atoms with van der Waals surface area (Å²) >= 11 is 0. The van der Waals surface area contributed by atoms with Crippen LogP contribution in [0.15, 0.2) is 67.1 Å². The number of pyridine rings is 1. The van der Waals surface area contributed by atoms with Gasteiger partial charge >= 0.3 is 0 Å². The SMILES string of the molecule is CN(C)[C@H]1CCN(c2ccc(-c3ncn(-c4nccc5ccccc45)n3)cc2)C1. The van der Waals surface area contributed by atoms with E-state index in [0.29, 0.717) is 11.9 Å². The van der Waals surface area contributed by atoms with Gasteiger partial charge in [-0.2, -0.15) is 0 Å². The summed E-state index contributed by atoms with van der Waals surface area (Å²) in [6, 6.07) is 19.4. The molecule has 0 radical (unpaired) electrons. The third kappa shape index (κ3) is 3.36. The molecular formula is C23H24N6. The van der Waals surface area contributed by atoms with Gasteiger partial charge in [-0.3, -0.25) is 0 Å². The molecule has 5 rings (SSSR count). The Kier molecular flexibility index (Phi) is 4.48. The zero-order valence-corrected chi connectivity index (χ0v) is 16.7. The summed E-state index contributed by atoms with van der Waals surface area (Å²) in [6.07, 6.45) is 4.75. The Morgan fingerprint density at radius 1 is 0.966 bits per heavy atom. The van der Waals surface area contributed by atoms with Crippen LogP contribution in [0.2, 0.25) is 0 Å². The van der Waals surface area contributed by atoms with Gasteiger partial charge in [-0.05, 0) is 56.2 Å². The fraction of sp³-hybridized carbons (Fsp3) is 0.261. The van der Waals surface area contributed by atoms with Gasteiger partial charge in [0.2, 0.25) is 0 Å². The number of nitrogens with zero attached hydrogens (tertiary/aromatic N) is 6. The lowest BCUT2D eigenvalue weighted by Crippen LogP contribution is -2.31. The fourth-order valence-electron chi connectivity index (χ4n) is 4.00. The number of benzene rings is 2. The van der Waals surface area contributed by atoms with Crippen molar-refractivity contribution in [3.63, 3.8) is 0 Å². The fourth-order valence-corrected chi connectivity index (χ4v) is 4.00. The lowest BCUT2D eigenvalue weighted by Gasteiger charge is -2.21. The van der Waals surface area contributed by atoms with Crippen molar-refractivity contribution in [2.75, 3.05) is 32.1 Å². The molecule has 0 bridgehead atoms. The van der Waals surface area contributed by atoms with Gasteiger partial charge in [0.15, 0.2) is 11.6 Å². The number of rotatable bonds is 4. The van der Waals surface area contributed by atoms with E-state index in [1.54, 1.807) is 11.0 Å². The lowest BCUT2D eigenvalue weighted by molar-refractivity contribution is 0.315. The molecule has 0 unspecified atom stereocenters. The molecule has 0 aliphatic carbocycles. The molecule has 2 aromatic carbocycles. The van der Waals surface area contributed by atoms with E-state index in [0.717, 1.165) is 35.2 Å². The second-order valence-electron chi connectivity index (χ2n) is 7.77. The molecule has 1 saturated heterocycles. The van der Waals surface area contributed by atoms with Gasteiger partial charge in [-0.25, -0.2) is 14.6 Å². The number of anilines is 1. The van der Waals surface area contributed by atoms with Crippen LogP contribution >= 0.6 is 0 Å². The second-order valence-corrected chi connectivity index (χ2v) is 7.77. The molecule has 4 aromatic rings. The Labute approximate surface area is 170 Å². The van der Waals surface area contributed by atoms with Crippen molar-refractivity contribution in [1.29, 1.82) is 0 Å². The van der Waals surface area contributed by atoms with E-state index >= 15 is 0 Å². The standard InChI is InChI=1S/C23H24N6/c1-27(2)20-12-14-28(15-20)19-9-7-18(8-10-19)22-25-16-29(26-22)23-21-6-4-3-5-17(21)11-13-24-23/h3-11,13,16,20H,12,14-15H2,1-2H3/t20-/m0/s1. The van der Waals surface area contributed by atoms with Gasteiger partial charge in [0.1, 0.15) is 6.33 Å². The number of likely N-dealkylation sites (N-methyl/N-ethyl adjacent to an activating group) is 1. The van der Waals surface area contributed by atoms with Crippen molar-refractivity contribution in [3.05, 3.63) is 67.1 Å². The molecule has 0 spiro atoms. The molecule has 1 atom stereocenters. The van der Waals surface area contributed by atoms with Crippen LogP contribution in [0, 0.1) is 0 Å². The van der Waals surface area contributed by atoms with E-state index in [4.69, 9.17) is 0 Å². The highest BCUT2D eigenvalue weighted by atomic mass is 15.4. The van der Waals surface area contributed by atoms with Crippen LogP contribution in [0.3, 0.4) is 0 Å². The van der Waals surface area contributed by atoms with Gasteiger partial charge in [0.25, 0.3) is 0 Å². The predicted octanol–water partition coefficient (Wildman–Crippen LogP) is 3.62. The highest BCUT2D eigenvalue weighted by Crippen LogP contribution is 2.26. The quantitative estimate of drug-likeness (QED) is 0.538. The van der Waals surface area contributed by atoms with E-state index in [9.17, 15) is 0 Å². The molecule has 1 aliphatic rings. The van der Waals surface area contributed by atoms with Crippen LogP contribution in [-0.2, 0) is 0 Å². The minimum Gasteiger partial charge on any atom is -0.370 e. The molecule has 6 heteroatoms. The molecular weight excluding hydrogens is 360 g/mol. The highest BCUT2D eigenvalue weighted by molar-refractivity contribution is 5.88. The normalized spacial score (nSPS) is 16.8. The monoisotopic (exact) mass is 384 g/mol. The summed E-state index contributed by atoms with van der Waals surface area (Å²) in [6.45, 7) is 2.17. The third-order valence-corrected chi connectivity index (χ3v) is 5.75. The summed E-state index contributed by atoms with van der Waals surface area (Å²) in [5.74, 6) is 1.50. The van der Waals surface area contributed by atoms with Crippen LogP contribution in [-0.4, -0.2) is 57.9 Å². The molecule has 0 amide bonds. The lowest BCUT2D eigenvalue weighted by atomic mass is 10.1. The molecule has 1 fully saturated rings. The van der Waals surface area contributed by atoms with E-state index < -0.39 is 0 Å². The van der Waals surface area contributed by atoms with Gasteiger partial charge < -0.3 is 9.80 Å². The van der Waals surface area contributed by atoms with E-state index in [2.05, 4.69) is 75.4 Å². The summed E-state index contributed by atoms with van der Waals surface area (Å²) in [4.78, 5) is 13.8. The molecule has 0 saturated carbocycles. The third-order valence-electron chi connectivity index (χ3n) is 5.75. The van der Waals surface area contributed by atoms with E-state index in [1.165, 1.54) is 12.1 Å². The van der Waals surface area contributed by atoms with Gasteiger partial charge in [0.05, 0.1) is 0 Å². The van der Waals surface area contributed by atoms with Gasteiger partial charge in [-0.15, -0.1) is 5.10 Å². The van der Waals surface area contributed by atoms with Gasteiger partial charge in [-0.1, -0.05) is 24.3 Å². The zero-order valence-electron chi connectivity index (χ0n) is 16.7. The largest absolute Gasteiger partial charge is 0.370 e. The van der Waals surface area contributed by atoms with Crippen molar-refractivity contribution < 1.29 is 0 Å². The van der Waals surface area contributed by atoms with Crippen LogP contribution in [0.5, 0.6) is 0 Å². The number of aromatic nitrogens is 4. The topological polar surface area (TPSA) is 50.1 Å². The highest BCUT2D eigenvalue weighted by Gasteiger charge is 2.24. The maximum atomic E-state index is 4.69.